The highest BCUT2D eigenvalue weighted by Crippen LogP contribution is 2.32. The van der Waals surface area contributed by atoms with E-state index in [0.29, 0.717) is 25.9 Å². The molecule has 3 rings (SSSR count). The lowest BCUT2D eigenvalue weighted by Gasteiger charge is -2.49. The van der Waals surface area contributed by atoms with Gasteiger partial charge >= 0.3 is 10.4 Å². The maximum Gasteiger partial charge on any atom is 0.394 e. The summed E-state index contributed by atoms with van der Waals surface area (Å²) in [5.74, 6) is 0. The normalized spacial score (nSPS) is 44.2. The van der Waals surface area contributed by atoms with Crippen molar-refractivity contribution in [2.75, 3.05) is 26.7 Å². The molecule has 0 radical (unpaired) electrons. The first-order valence-corrected chi connectivity index (χ1v) is 14.0. The van der Waals surface area contributed by atoms with Crippen molar-refractivity contribution in [2.45, 2.75) is 106 Å². The van der Waals surface area contributed by atoms with Gasteiger partial charge in [0.15, 0.2) is 12.6 Å². The molecular weight excluding hydrogens is 530 g/mol. The summed E-state index contributed by atoms with van der Waals surface area (Å²) in [6, 6.07) is -1.84. The monoisotopic (exact) mass is 575 g/mol. The molecule has 2 saturated heterocycles. The highest BCUT2D eigenvalue weighted by atomic mass is 32.3. The van der Waals surface area contributed by atoms with Crippen molar-refractivity contribution in [3.63, 3.8) is 0 Å². The number of nitrogens with one attached hydrogen (secondary N) is 2. The van der Waals surface area contributed by atoms with Crippen molar-refractivity contribution in [2.24, 2.45) is 17.2 Å². The molecule has 12 unspecified atom stereocenters. The molecule has 16 nitrogen and oxygen atoms in total. The fraction of sp³-hybridized carbons (Fsp3) is 1.00. The fourth-order valence-electron chi connectivity index (χ4n) is 5.11. The average molecular weight is 576 g/mol. The molecular formula is C21H45N5O11S. The molecule has 0 aromatic heterocycles. The van der Waals surface area contributed by atoms with Crippen molar-refractivity contribution in [3.05, 3.63) is 0 Å². The van der Waals surface area contributed by atoms with Crippen molar-refractivity contribution in [1.82, 2.24) is 10.6 Å². The summed E-state index contributed by atoms with van der Waals surface area (Å²) in [4.78, 5) is 0. The van der Waals surface area contributed by atoms with Crippen LogP contribution in [0.5, 0.6) is 0 Å². The molecule has 0 spiro atoms. The predicted octanol–water partition coefficient (Wildman–Crippen LogP) is -3.98. The van der Waals surface area contributed by atoms with Crippen molar-refractivity contribution in [3.8, 4) is 0 Å². The van der Waals surface area contributed by atoms with Crippen molar-refractivity contribution in [1.29, 1.82) is 0 Å². The number of aliphatic hydroxyl groups is 3. The van der Waals surface area contributed by atoms with E-state index >= 15 is 0 Å². The molecule has 3 aliphatic rings. The molecule has 12 atom stereocenters. The van der Waals surface area contributed by atoms with E-state index < -0.39 is 65.1 Å². The third kappa shape index (κ3) is 9.22. The van der Waals surface area contributed by atoms with Crippen molar-refractivity contribution >= 4 is 10.4 Å². The van der Waals surface area contributed by atoms with Gasteiger partial charge < -0.3 is 62.1 Å². The summed E-state index contributed by atoms with van der Waals surface area (Å²) in [5, 5.41) is 38.8. The Morgan fingerprint density at radius 3 is 2.21 bits per heavy atom. The number of aliphatic hydroxyl groups excluding tert-OH is 2. The summed E-state index contributed by atoms with van der Waals surface area (Å²) in [6.45, 7) is 4.47. The lowest BCUT2D eigenvalue weighted by atomic mass is 9.83. The van der Waals surface area contributed by atoms with Crippen LogP contribution in [-0.4, -0.2) is 132 Å². The molecule has 226 valence electrons. The van der Waals surface area contributed by atoms with Gasteiger partial charge in [-0.15, -0.1) is 0 Å². The minimum Gasteiger partial charge on any atom is -0.388 e. The topological polar surface area (TPSA) is 274 Å². The number of hydrogen-bond acceptors (Lipinski definition) is 14. The Kier molecular flexibility index (Phi) is 12.7. The SMILES string of the molecule is CCNC1CC(N)C(OC2OC(CN)CCC2N)C(O)C1OC1OCC(C)(O)C(NC)C1O.O=S(=O)(O)O. The average Bonchev–Trinajstić information content (AvgIpc) is 2.80. The molecule has 1 aliphatic carbocycles. The Bertz CT molecular complexity index is 817. The number of hydrogen-bond donors (Lipinski definition) is 10. The summed E-state index contributed by atoms with van der Waals surface area (Å²) in [7, 11) is -3.02. The van der Waals surface area contributed by atoms with Gasteiger partial charge in [-0.1, -0.05) is 6.92 Å². The van der Waals surface area contributed by atoms with Crippen LogP contribution in [0.15, 0.2) is 0 Å². The van der Waals surface area contributed by atoms with Crippen LogP contribution in [0, 0.1) is 0 Å². The van der Waals surface area contributed by atoms with E-state index in [1.54, 1.807) is 14.0 Å². The van der Waals surface area contributed by atoms with Crippen LogP contribution in [0.1, 0.15) is 33.1 Å². The number of likely N-dealkylation sites (N-methyl/N-ethyl adjacent to an activating group) is 2. The Morgan fingerprint density at radius 1 is 1.05 bits per heavy atom. The summed E-state index contributed by atoms with van der Waals surface area (Å²) >= 11 is 0. The van der Waals surface area contributed by atoms with E-state index in [0.717, 1.165) is 6.42 Å². The van der Waals surface area contributed by atoms with Crippen LogP contribution in [0.4, 0.5) is 0 Å². The number of rotatable bonds is 8. The molecule has 2 heterocycles. The lowest BCUT2D eigenvalue weighted by molar-refractivity contribution is -0.308. The van der Waals surface area contributed by atoms with Gasteiger partial charge in [0.25, 0.3) is 0 Å². The van der Waals surface area contributed by atoms with E-state index in [2.05, 4.69) is 10.6 Å². The van der Waals surface area contributed by atoms with Crippen molar-refractivity contribution < 1.29 is 51.8 Å². The molecule has 0 aromatic rings. The fourth-order valence-corrected chi connectivity index (χ4v) is 5.11. The predicted molar refractivity (Wildman–Crippen MR) is 134 cm³/mol. The number of nitrogens with two attached hydrogens (primary N) is 3. The zero-order valence-electron chi connectivity index (χ0n) is 21.9. The minimum atomic E-state index is -4.67. The second-order valence-electron chi connectivity index (χ2n) is 10.1. The van der Waals surface area contributed by atoms with E-state index in [9.17, 15) is 15.3 Å². The highest BCUT2D eigenvalue weighted by Gasteiger charge is 2.51. The van der Waals surface area contributed by atoms with Gasteiger partial charge in [0, 0.05) is 18.6 Å². The molecule has 17 heteroatoms. The highest BCUT2D eigenvalue weighted by molar-refractivity contribution is 7.79. The first-order chi connectivity index (χ1) is 17.6. The van der Waals surface area contributed by atoms with Gasteiger partial charge in [-0.3, -0.25) is 9.11 Å². The summed E-state index contributed by atoms with van der Waals surface area (Å²) in [5.41, 5.74) is 17.1. The third-order valence-electron chi connectivity index (χ3n) is 6.97. The van der Waals surface area contributed by atoms with Crippen LogP contribution in [0.3, 0.4) is 0 Å². The van der Waals surface area contributed by atoms with Crippen LogP contribution >= 0.6 is 0 Å². The van der Waals surface area contributed by atoms with E-state index in [-0.39, 0.29) is 24.8 Å². The minimum absolute atomic E-state index is 0.0421. The molecule has 0 aromatic carbocycles. The number of ether oxygens (including phenoxy) is 4. The standard InChI is InChI=1S/C21H43N5O7.H2O4S/c1-4-26-13-7-12(24)16(32-19-11(23)6-5-10(8-22)31-19)14(27)17(13)33-20-15(28)18(25-3)21(2,29)9-30-20;1-5(2,3)4/h10-20,25-29H,4-9,22-24H2,1-3H3;(H2,1,2,3,4). The molecule has 38 heavy (non-hydrogen) atoms. The largest absolute Gasteiger partial charge is 0.394 e. The Balaban J connectivity index is 0.000000926. The molecule has 2 aliphatic heterocycles. The Morgan fingerprint density at radius 2 is 1.66 bits per heavy atom. The Hall–Kier alpha value is -0.610. The molecule has 13 N–H and O–H groups in total. The van der Waals surface area contributed by atoms with Crippen LogP contribution < -0.4 is 27.8 Å². The summed E-state index contributed by atoms with van der Waals surface area (Å²) < 4.78 is 55.3. The maximum atomic E-state index is 11.3. The van der Waals surface area contributed by atoms with Gasteiger partial charge in [-0.05, 0) is 39.8 Å². The van der Waals surface area contributed by atoms with Gasteiger partial charge in [-0.25, -0.2) is 0 Å². The van der Waals surface area contributed by atoms with Crippen LogP contribution in [0.2, 0.25) is 0 Å². The molecule has 0 amide bonds. The molecule has 3 fully saturated rings. The first kappa shape index (κ1) is 33.6. The van der Waals surface area contributed by atoms with E-state index in [1.165, 1.54) is 0 Å². The molecule has 0 bridgehead atoms. The zero-order chi connectivity index (χ0) is 28.8. The van der Waals surface area contributed by atoms with E-state index in [1.807, 2.05) is 6.92 Å². The molecule has 1 saturated carbocycles. The van der Waals surface area contributed by atoms with Crippen LogP contribution in [-0.2, 0) is 29.3 Å². The second kappa shape index (κ2) is 14.3. The zero-order valence-corrected chi connectivity index (χ0v) is 22.7. The summed E-state index contributed by atoms with van der Waals surface area (Å²) in [6.07, 6.45) is -3.97. The Labute approximate surface area is 223 Å². The van der Waals surface area contributed by atoms with Gasteiger partial charge in [-0.2, -0.15) is 8.42 Å². The second-order valence-corrected chi connectivity index (χ2v) is 11.0. The lowest BCUT2D eigenvalue weighted by Crippen LogP contribution is -2.69. The van der Waals surface area contributed by atoms with Gasteiger partial charge in [0.1, 0.15) is 30.0 Å². The van der Waals surface area contributed by atoms with Crippen LogP contribution in [0.25, 0.3) is 0 Å². The third-order valence-corrected chi connectivity index (χ3v) is 6.97. The van der Waals surface area contributed by atoms with Gasteiger partial charge in [0.05, 0.1) is 24.8 Å². The quantitative estimate of drug-likeness (QED) is 0.124. The maximum absolute atomic E-state index is 11.3. The first-order valence-electron chi connectivity index (χ1n) is 12.6. The van der Waals surface area contributed by atoms with E-state index in [4.69, 9.17) is 53.7 Å². The smallest absolute Gasteiger partial charge is 0.388 e. The van der Waals surface area contributed by atoms with Gasteiger partial charge in [0.2, 0.25) is 0 Å².